The molecule has 0 spiro atoms. The lowest BCUT2D eigenvalue weighted by Crippen LogP contribution is -1.96. The molecule has 4 heteroatoms. The predicted octanol–water partition coefficient (Wildman–Crippen LogP) is 4.73. The van der Waals surface area contributed by atoms with Gasteiger partial charge < -0.3 is 0 Å². The maximum Gasteiger partial charge on any atom is 0.137 e. The van der Waals surface area contributed by atoms with Crippen LogP contribution in [0.25, 0.3) is 11.1 Å². The lowest BCUT2D eigenvalue weighted by Gasteiger charge is -2.10. The first-order valence-electron chi connectivity index (χ1n) is 4.91. The third-order valence-corrected chi connectivity index (χ3v) is 2.81. The Morgan fingerprint density at radius 3 is 2.18 bits per heavy atom. The molecule has 0 amide bonds. The minimum Gasteiger partial charge on any atom is -0.206 e. The summed E-state index contributed by atoms with van der Waals surface area (Å²) in [4.78, 5) is 0. The van der Waals surface area contributed by atoms with Crippen LogP contribution in [-0.4, -0.2) is 0 Å². The van der Waals surface area contributed by atoms with Gasteiger partial charge in [-0.25, -0.2) is 13.2 Å². The van der Waals surface area contributed by atoms with Crippen molar-refractivity contribution >= 4 is 11.6 Å². The van der Waals surface area contributed by atoms with E-state index in [1.807, 2.05) is 0 Å². The van der Waals surface area contributed by atoms with Gasteiger partial charge in [0.15, 0.2) is 0 Å². The highest BCUT2D eigenvalue weighted by molar-refractivity contribution is 6.33. The van der Waals surface area contributed by atoms with Crippen LogP contribution < -0.4 is 0 Å². The minimum atomic E-state index is -0.833. The minimum absolute atomic E-state index is 0.0200. The standard InChI is InChI=1S/C13H8ClF3/c1-7-5-6-10(16)12(13(7)17)11-8(14)3-2-4-9(11)15/h2-6H,1H3. The molecule has 0 aliphatic heterocycles. The average molecular weight is 257 g/mol. The van der Waals surface area contributed by atoms with Gasteiger partial charge >= 0.3 is 0 Å². The highest BCUT2D eigenvalue weighted by Crippen LogP contribution is 2.35. The van der Waals surface area contributed by atoms with E-state index in [0.717, 1.165) is 12.1 Å². The smallest absolute Gasteiger partial charge is 0.137 e. The summed E-state index contributed by atoms with van der Waals surface area (Å²) in [7, 11) is 0. The number of benzene rings is 2. The molecule has 0 aliphatic rings. The van der Waals surface area contributed by atoms with Gasteiger partial charge in [0, 0.05) is 5.56 Å². The van der Waals surface area contributed by atoms with Crippen LogP contribution in [0.1, 0.15) is 5.56 Å². The molecule has 17 heavy (non-hydrogen) atoms. The molecule has 2 aromatic rings. The summed E-state index contributed by atoms with van der Waals surface area (Å²) >= 11 is 5.79. The molecule has 0 aromatic heterocycles. The Kier molecular flexibility index (Phi) is 3.11. The van der Waals surface area contributed by atoms with Crippen molar-refractivity contribution in [3.05, 3.63) is 58.4 Å². The van der Waals surface area contributed by atoms with Gasteiger partial charge in [-0.3, -0.25) is 0 Å². The van der Waals surface area contributed by atoms with Gasteiger partial charge in [-0.1, -0.05) is 23.7 Å². The molecular weight excluding hydrogens is 249 g/mol. The highest BCUT2D eigenvalue weighted by atomic mass is 35.5. The zero-order valence-electron chi connectivity index (χ0n) is 8.90. The SMILES string of the molecule is Cc1ccc(F)c(-c2c(F)cccc2Cl)c1F. The Balaban J connectivity index is 2.82. The van der Waals surface area contributed by atoms with E-state index in [-0.39, 0.29) is 16.1 Å². The Morgan fingerprint density at radius 2 is 1.53 bits per heavy atom. The molecule has 0 N–H and O–H groups in total. The molecule has 0 aliphatic carbocycles. The van der Waals surface area contributed by atoms with Crippen LogP contribution in [0.3, 0.4) is 0 Å². The Hall–Kier alpha value is -1.48. The van der Waals surface area contributed by atoms with E-state index in [2.05, 4.69) is 0 Å². The fourth-order valence-electron chi connectivity index (χ4n) is 1.62. The van der Waals surface area contributed by atoms with Gasteiger partial charge in [-0.15, -0.1) is 0 Å². The number of aryl methyl sites for hydroxylation is 1. The van der Waals surface area contributed by atoms with Gasteiger partial charge in [0.1, 0.15) is 17.5 Å². The molecule has 2 aromatic carbocycles. The second-order valence-electron chi connectivity index (χ2n) is 3.65. The van der Waals surface area contributed by atoms with Crippen molar-refractivity contribution in [2.45, 2.75) is 6.92 Å². The van der Waals surface area contributed by atoms with E-state index >= 15 is 0 Å². The van der Waals surface area contributed by atoms with Gasteiger partial charge in [0.2, 0.25) is 0 Å². The molecule has 0 saturated heterocycles. The number of hydrogen-bond donors (Lipinski definition) is 0. The number of rotatable bonds is 1. The molecule has 0 fully saturated rings. The van der Waals surface area contributed by atoms with E-state index < -0.39 is 23.0 Å². The third-order valence-electron chi connectivity index (χ3n) is 2.50. The van der Waals surface area contributed by atoms with Crippen LogP contribution in [-0.2, 0) is 0 Å². The molecule has 0 atom stereocenters. The Labute approximate surface area is 102 Å². The Bertz CT molecular complexity index is 559. The third kappa shape index (κ3) is 2.03. The topological polar surface area (TPSA) is 0 Å². The van der Waals surface area contributed by atoms with E-state index in [1.54, 1.807) is 0 Å². The molecule has 0 heterocycles. The fraction of sp³-hybridized carbons (Fsp3) is 0.0769. The summed E-state index contributed by atoms with van der Waals surface area (Å²) in [5.74, 6) is -2.38. The van der Waals surface area contributed by atoms with Crippen molar-refractivity contribution < 1.29 is 13.2 Å². The first kappa shape index (κ1) is 12.0. The fourth-order valence-corrected chi connectivity index (χ4v) is 1.88. The van der Waals surface area contributed by atoms with Crippen molar-refractivity contribution in [1.82, 2.24) is 0 Å². The second-order valence-corrected chi connectivity index (χ2v) is 4.06. The zero-order valence-corrected chi connectivity index (χ0v) is 9.65. The molecule has 0 radical (unpaired) electrons. The Morgan fingerprint density at radius 1 is 0.882 bits per heavy atom. The first-order chi connectivity index (χ1) is 8.02. The van der Waals surface area contributed by atoms with Crippen molar-refractivity contribution in [2.75, 3.05) is 0 Å². The van der Waals surface area contributed by atoms with Crippen molar-refractivity contribution in [3.63, 3.8) is 0 Å². The summed E-state index contributed by atoms with van der Waals surface area (Å²) in [6.45, 7) is 1.48. The van der Waals surface area contributed by atoms with E-state index in [1.165, 1.54) is 25.1 Å². The van der Waals surface area contributed by atoms with Crippen LogP contribution >= 0.6 is 11.6 Å². The monoisotopic (exact) mass is 256 g/mol. The van der Waals surface area contributed by atoms with Gasteiger partial charge in [-0.2, -0.15) is 0 Å². The van der Waals surface area contributed by atoms with Crippen molar-refractivity contribution in [3.8, 4) is 11.1 Å². The van der Waals surface area contributed by atoms with Crippen LogP contribution in [0.5, 0.6) is 0 Å². The van der Waals surface area contributed by atoms with Gasteiger partial charge in [0.05, 0.1) is 10.6 Å². The summed E-state index contributed by atoms with van der Waals surface area (Å²) < 4.78 is 41.1. The van der Waals surface area contributed by atoms with Crippen molar-refractivity contribution in [1.29, 1.82) is 0 Å². The lowest BCUT2D eigenvalue weighted by atomic mass is 10.0. The van der Waals surface area contributed by atoms with Crippen LogP contribution in [0.4, 0.5) is 13.2 Å². The molecule has 0 nitrogen and oxygen atoms in total. The van der Waals surface area contributed by atoms with Gasteiger partial charge in [0.25, 0.3) is 0 Å². The maximum absolute atomic E-state index is 13.8. The van der Waals surface area contributed by atoms with Crippen LogP contribution in [0.2, 0.25) is 5.02 Å². The second kappa shape index (κ2) is 4.41. The van der Waals surface area contributed by atoms with Crippen LogP contribution in [0.15, 0.2) is 30.3 Å². The highest BCUT2D eigenvalue weighted by Gasteiger charge is 2.19. The van der Waals surface area contributed by atoms with E-state index in [0.29, 0.717) is 0 Å². The van der Waals surface area contributed by atoms with E-state index in [9.17, 15) is 13.2 Å². The largest absolute Gasteiger partial charge is 0.206 e. The van der Waals surface area contributed by atoms with Gasteiger partial charge in [-0.05, 0) is 30.7 Å². The first-order valence-corrected chi connectivity index (χ1v) is 5.29. The summed E-state index contributed by atoms with van der Waals surface area (Å²) in [5, 5.41) is -0.0200. The lowest BCUT2D eigenvalue weighted by molar-refractivity contribution is 0.577. The molecule has 0 saturated carbocycles. The molecular formula is C13H8ClF3. The zero-order chi connectivity index (χ0) is 12.6. The van der Waals surface area contributed by atoms with Crippen molar-refractivity contribution in [2.24, 2.45) is 0 Å². The number of halogens is 4. The molecule has 0 bridgehead atoms. The summed E-state index contributed by atoms with van der Waals surface area (Å²) in [6.07, 6.45) is 0. The summed E-state index contributed by atoms with van der Waals surface area (Å²) in [6, 6.07) is 6.27. The molecule has 88 valence electrons. The predicted molar refractivity (Wildman–Crippen MR) is 61.5 cm³/mol. The molecule has 2 rings (SSSR count). The normalized spacial score (nSPS) is 10.6. The molecule has 0 unspecified atom stereocenters. The quantitative estimate of drug-likeness (QED) is 0.692. The summed E-state index contributed by atoms with van der Waals surface area (Å²) in [5.41, 5.74) is -0.429. The maximum atomic E-state index is 13.8. The average Bonchev–Trinajstić information content (AvgIpc) is 2.28. The number of hydrogen-bond acceptors (Lipinski definition) is 0. The van der Waals surface area contributed by atoms with E-state index in [4.69, 9.17) is 11.6 Å². The van der Waals surface area contributed by atoms with Crippen LogP contribution in [0, 0.1) is 24.4 Å².